The summed E-state index contributed by atoms with van der Waals surface area (Å²) in [5, 5.41) is 5.81. The van der Waals surface area contributed by atoms with E-state index in [1.165, 1.54) is 11.3 Å². The number of aromatic nitrogens is 1. The van der Waals surface area contributed by atoms with Crippen molar-refractivity contribution in [3.63, 3.8) is 0 Å². The van der Waals surface area contributed by atoms with Gasteiger partial charge in [0.25, 0.3) is 5.91 Å². The summed E-state index contributed by atoms with van der Waals surface area (Å²) in [5.74, 6) is 0.510. The highest BCUT2D eigenvalue weighted by Crippen LogP contribution is 2.30. The minimum Gasteiger partial charge on any atom is -0.490 e. The quantitative estimate of drug-likeness (QED) is 0.557. The van der Waals surface area contributed by atoms with Crippen LogP contribution >= 0.6 is 22.7 Å². The summed E-state index contributed by atoms with van der Waals surface area (Å²) in [7, 11) is 0. The first-order valence-corrected chi connectivity index (χ1v) is 10.7. The Labute approximate surface area is 167 Å². The Kier molecular flexibility index (Phi) is 6.98. The maximum atomic E-state index is 12.6. The molecule has 0 saturated carbocycles. The number of carbonyl (C=O) groups excluding carboxylic acids is 1. The van der Waals surface area contributed by atoms with Crippen LogP contribution in [0, 0.1) is 0 Å². The van der Waals surface area contributed by atoms with E-state index in [0.29, 0.717) is 22.9 Å². The molecule has 1 aromatic carbocycles. The van der Waals surface area contributed by atoms with Crippen molar-refractivity contribution in [2.24, 2.45) is 0 Å². The van der Waals surface area contributed by atoms with Crippen molar-refractivity contribution in [1.82, 2.24) is 9.88 Å². The number of benzene rings is 1. The van der Waals surface area contributed by atoms with Crippen molar-refractivity contribution in [2.75, 3.05) is 31.6 Å². The van der Waals surface area contributed by atoms with Crippen LogP contribution in [0.4, 0.5) is 5.69 Å². The molecule has 1 N–H and O–H groups in total. The summed E-state index contributed by atoms with van der Waals surface area (Å²) in [5.41, 5.74) is 0.674. The van der Waals surface area contributed by atoms with Gasteiger partial charge < -0.3 is 15.0 Å². The van der Waals surface area contributed by atoms with Gasteiger partial charge in [0, 0.05) is 6.54 Å². The van der Waals surface area contributed by atoms with Crippen LogP contribution in [0.3, 0.4) is 0 Å². The van der Waals surface area contributed by atoms with Crippen LogP contribution in [0.25, 0.3) is 9.88 Å². The average Bonchev–Trinajstić information content (AvgIpc) is 3.37. The van der Waals surface area contributed by atoms with Crippen LogP contribution in [-0.4, -0.2) is 42.0 Å². The molecule has 0 spiro atoms. The van der Waals surface area contributed by atoms with E-state index in [4.69, 9.17) is 4.74 Å². The lowest BCUT2D eigenvalue weighted by atomic mass is 10.3. The van der Waals surface area contributed by atoms with Crippen LogP contribution < -0.4 is 10.1 Å². The van der Waals surface area contributed by atoms with Gasteiger partial charge in [0.05, 0.1) is 16.8 Å². The molecule has 0 unspecified atom stereocenters. The zero-order valence-electron chi connectivity index (χ0n) is 15.5. The van der Waals surface area contributed by atoms with Gasteiger partial charge in [-0.15, -0.1) is 22.7 Å². The maximum absolute atomic E-state index is 12.6. The third kappa shape index (κ3) is 5.15. The van der Waals surface area contributed by atoms with Gasteiger partial charge in [-0.1, -0.05) is 32.0 Å². The minimum absolute atomic E-state index is 0.171. The van der Waals surface area contributed by atoms with Gasteiger partial charge in [-0.3, -0.25) is 4.79 Å². The van der Waals surface area contributed by atoms with E-state index in [9.17, 15) is 4.79 Å². The van der Waals surface area contributed by atoms with E-state index < -0.39 is 0 Å². The largest absolute Gasteiger partial charge is 0.490 e. The Bertz CT molecular complexity index is 858. The molecule has 142 valence electrons. The van der Waals surface area contributed by atoms with Crippen molar-refractivity contribution < 1.29 is 9.53 Å². The molecule has 0 bridgehead atoms. The number of likely N-dealkylation sites (N-methyl/N-ethyl adjacent to an activating group) is 1. The van der Waals surface area contributed by atoms with E-state index in [2.05, 4.69) is 29.0 Å². The molecule has 0 saturated heterocycles. The van der Waals surface area contributed by atoms with E-state index in [1.807, 2.05) is 41.8 Å². The molecule has 0 atom stereocenters. The molecule has 7 heteroatoms. The molecule has 2 aromatic heterocycles. The second-order valence-corrected chi connectivity index (χ2v) is 7.81. The molecular weight excluding hydrogens is 378 g/mol. The Morgan fingerprint density at radius 1 is 1.19 bits per heavy atom. The molecule has 0 aliphatic heterocycles. The Hall–Kier alpha value is -2.22. The van der Waals surface area contributed by atoms with E-state index in [-0.39, 0.29) is 5.91 Å². The number of rotatable bonds is 9. The summed E-state index contributed by atoms with van der Waals surface area (Å²) >= 11 is 3.01. The summed E-state index contributed by atoms with van der Waals surface area (Å²) < 4.78 is 5.91. The molecule has 27 heavy (non-hydrogen) atoms. The number of thiophene rings is 1. The fourth-order valence-corrected chi connectivity index (χ4v) is 4.21. The first-order chi connectivity index (χ1) is 13.2. The molecule has 0 fully saturated rings. The zero-order chi connectivity index (χ0) is 19.1. The Morgan fingerprint density at radius 2 is 2.00 bits per heavy atom. The van der Waals surface area contributed by atoms with Gasteiger partial charge in [0.1, 0.15) is 22.2 Å². The number of para-hydroxylation sites is 2. The first-order valence-electron chi connectivity index (χ1n) is 8.96. The second kappa shape index (κ2) is 9.64. The summed E-state index contributed by atoms with van der Waals surface area (Å²) in [6, 6.07) is 11.5. The van der Waals surface area contributed by atoms with Crippen LogP contribution in [-0.2, 0) is 0 Å². The topological polar surface area (TPSA) is 54.5 Å². The van der Waals surface area contributed by atoms with Crippen LogP contribution in [0.15, 0.2) is 48.0 Å². The fourth-order valence-electron chi connectivity index (χ4n) is 2.60. The van der Waals surface area contributed by atoms with Gasteiger partial charge in [-0.05, 0) is 36.7 Å². The highest BCUT2D eigenvalue weighted by atomic mass is 32.1. The molecule has 3 aromatic rings. The molecule has 2 heterocycles. The van der Waals surface area contributed by atoms with Crippen molar-refractivity contribution in [2.45, 2.75) is 13.8 Å². The number of ether oxygens (including phenoxy) is 1. The molecule has 5 nitrogen and oxygen atoms in total. The molecule has 3 rings (SSSR count). The van der Waals surface area contributed by atoms with Gasteiger partial charge in [0.15, 0.2) is 0 Å². The number of hydrogen-bond donors (Lipinski definition) is 1. The second-order valence-electron chi connectivity index (χ2n) is 5.83. The third-order valence-electron chi connectivity index (χ3n) is 4.16. The predicted octanol–water partition coefficient (Wildman–Crippen LogP) is 4.84. The molecule has 0 radical (unpaired) electrons. The van der Waals surface area contributed by atoms with E-state index in [0.717, 1.165) is 29.5 Å². The maximum Gasteiger partial charge on any atom is 0.267 e. The van der Waals surface area contributed by atoms with Gasteiger partial charge in [-0.2, -0.15) is 0 Å². The van der Waals surface area contributed by atoms with Gasteiger partial charge in [0.2, 0.25) is 0 Å². The highest BCUT2D eigenvalue weighted by molar-refractivity contribution is 7.22. The Morgan fingerprint density at radius 3 is 2.74 bits per heavy atom. The zero-order valence-corrected chi connectivity index (χ0v) is 17.1. The predicted molar refractivity (Wildman–Crippen MR) is 113 cm³/mol. The fraction of sp³-hybridized carbons (Fsp3) is 0.300. The number of nitrogens with zero attached hydrogens (tertiary/aromatic N) is 2. The van der Waals surface area contributed by atoms with Crippen molar-refractivity contribution >= 4 is 34.3 Å². The monoisotopic (exact) mass is 401 g/mol. The van der Waals surface area contributed by atoms with Crippen LogP contribution in [0.5, 0.6) is 5.75 Å². The smallest absolute Gasteiger partial charge is 0.267 e. The molecule has 0 aliphatic rings. The number of anilines is 1. The molecular formula is C20H23N3O2S2. The van der Waals surface area contributed by atoms with Crippen molar-refractivity contribution in [3.8, 4) is 15.6 Å². The summed E-state index contributed by atoms with van der Waals surface area (Å²) in [4.78, 5) is 20.9. The van der Waals surface area contributed by atoms with Gasteiger partial charge >= 0.3 is 0 Å². The lowest BCUT2D eigenvalue weighted by molar-refractivity contribution is 0.102. The molecule has 1 amide bonds. The normalized spacial score (nSPS) is 10.9. The number of carbonyl (C=O) groups is 1. The lowest BCUT2D eigenvalue weighted by Crippen LogP contribution is -2.28. The van der Waals surface area contributed by atoms with Crippen LogP contribution in [0.2, 0.25) is 0 Å². The summed E-state index contributed by atoms with van der Waals surface area (Å²) in [6.07, 6.45) is 1.62. The SMILES string of the molecule is CCN(CC)CCOc1ccccc1NC(=O)c1cnc(-c2cccs2)s1. The minimum atomic E-state index is -0.171. The number of thiazole rings is 1. The average molecular weight is 402 g/mol. The van der Waals surface area contributed by atoms with E-state index >= 15 is 0 Å². The first kappa shape index (κ1) is 19.5. The standard InChI is InChI=1S/C20H23N3O2S2/c1-3-23(4-2)11-12-25-16-9-6-5-8-15(16)22-19(24)18-14-21-20(27-18)17-10-7-13-26-17/h5-10,13-14H,3-4,11-12H2,1-2H3,(H,22,24). The van der Waals surface area contributed by atoms with E-state index in [1.54, 1.807) is 17.5 Å². The molecule has 0 aliphatic carbocycles. The number of amides is 1. The van der Waals surface area contributed by atoms with Crippen LogP contribution in [0.1, 0.15) is 23.5 Å². The third-order valence-corrected chi connectivity index (χ3v) is 6.19. The summed E-state index contributed by atoms with van der Waals surface area (Å²) in [6.45, 7) is 7.70. The van der Waals surface area contributed by atoms with Gasteiger partial charge in [-0.25, -0.2) is 4.98 Å². The van der Waals surface area contributed by atoms with Crippen molar-refractivity contribution in [1.29, 1.82) is 0 Å². The number of nitrogens with one attached hydrogen (secondary N) is 1. The highest BCUT2D eigenvalue weighted by Gasteiger charge is 2.14. The Balaban J connectivity index is 1.64. The number of hydrogen-bond acceptors (Lipinski definition) is 6. The van der Waals surface area contributed by atoms with Crippen molar-refractivity contribution in [3.05, 3.63) is 52.9 Å². The lowest BCUT2D eigenvalue weighted by Gasteiger charge is -2.19.